The summed E-state index contributed by atoms with van der Waals surface area (Å²) in [6.45, 7) is 10.2. The molecule has 7 nitrogen and oxygen atoms in total. The molecule has 0 radical (unpaired) electrons. The van der Waals surface area contributed by atoms with Crippen molar-refractivity contribution in [2.24, 2.45) is 0 Å². The fraction of sp³-hybridized carbons (Fsp3) is 0.444. The van der Waals surface area contributed by atoms with Gasteiger partial charge in [-0.3, -0.25) is 9.59 Å². The van der Waals surface area contributed by atoms with Crippen LogP contribution < -0.4 is 21.3 Å². The number of carbonyl (C=O) groups excluding carboxylic acids is 2. The Kier molecular flexibility index (Phi) is 7.54. The highest BCUT2D eigenvalue weighted by atomic mass is 16.1. The molecule has 4 rings (SSSR count). The van der Waals surface area contributed by atoms with Crippen LogP contribution in [0.1, 0.15) is 61.4 Å². The summed E-state index contributed by atoms with van der Waals surface area (Å²) < 4.78 is 0. The van der Waals surface area contributed by atoms with Gasteiger partial charge < -0.3 is 21.3 Å². The number of carbonyl (C=O) groups is 2. The van der Waals surface area contributed by atoms with Gasteiger partial charge in [-0.25, -0.2) is 0 Å². The summed E-state index contributed by atoms with van der Waals surface area (Å²) in [5.41, 5.74) is 5.21. The van der Waals surface area contributed by atoms with Gasteiger partial charge in [0.1, 0.15) is 0 Å². The van der Waals surface area contributed by atoms with E-state index in [1.165, 1.54) is 0 Å². The second-order valence-electron chi connectivity index (χ2n) is 9.21. The highest BCUT2D eigenvalue weighted by molar-refractivity contribution is 6.07. The van der Waals surface area contributed by atoms with Gasteiger partial charge in [0.25, 0.3) is 0 Å². The zero-order chi connectivity index (χ0) is 24.2. The first-order valence-corrected chi connectivity index (χ1v) is 12.0. The maximum atomic E-state index is 13.8. The van der Waals surface area contributed by atoms with Crippen molar-refractivity contribution < 1.29 is 9.59 Å². The largest absolute Gasteiger partial charge is 0.313 e. The van der Waals surface area contributed by atoms with Crippen LogP contribution in [-0.4, -0.2) is 62.9 Å². The molecule has 0 aliphatic carbocycles. The fourth-order valence-electron chi connectivity index (χ4n) is 5.05. The molecule has 3 unspecified atom stereocenters. The normalized spacial score (nSPS) is 21.5. The summed E-state index contributed by atoms with van der Waals surface area (Å²) in [6, 6.07) is 11.0. The van der Waals surface area contributed by atoms with Crippen molar-refractivity contribution in [2.45, 2.75) is 38.8 Å². The number of nitrogens with zero attached hydrogens (tertiary/aromatic N) is 1. The average molecular weight is 460 g/mol. The molecule has 4 N–H and O–H groups in total. The lowest BCUT2D eigenvalue weighted by Crippen LogP contribution is -2.53. The number of hydrogen-bond acceptors (Lipinski definition) is 7. The summed E-state index contributed by atoms with van der Waals surface area (Å²) in [4.78, 5) is 27.3. The van der Waals surface area contributed by atoms with Crippen LogP contribution in [-0.2, 0) is 0 Å². The molecular weight excluding hydrogens is 426 g/mol. The van der Waals surface area contributed by atoms with E-state index in [1.54, 1.807) is 6.07 Å². The van der Waals surface area contributed by atoms with Crippen LogP contribution in [0, 0.1) is 25.2 Å². The van der Waals surface area contributed by atoms with Crippen molar-refractivity contribution >= 4 is 11.6 Å². The Hall–Kier alpha value is -2.89. The number of hydrogen-bond donors (Lipinski definition) is 4. The highest BCUT2D eigenvalue weighted by Gasteiger charge is 2.32. The predicted octanol–water partition coefficient (Wildman–Crippen LogP) is 1.82. The minimum atomic E-state index is -0.324. The second-order valence-corrected chi connectivity index (χ2v) is 9.21. The maximum Gasteiger partial charge on any atom is 0.181 e. The first-order valence-electron chi connectivity index (χ1n) is 12.0. The number of Topliss-reactive ketones (excluding diaryl/α,β-unsaturated/α-hetero) is 2. The quantitative estimate of drug-likeness (QED) is 0.488. The molecule has 178 valence electrons. The van der Waals surface area contributed by atoms with Gasteiger partial charge in [-0.15, -0.1) is 0 Å². The van der Waals surface area contributed by atoms with Crippen LogP contribution >= 0.6 is 0 Å². The van der Waals surface area contributed by atoms with Crippen molar-refractivity contribution in [3.05, 3.63) is 69.3 Å². The summed E-state index contributed by atoms with van der Waals surface area (Å²) in [7, 11) is 0. The monoisotopic (exact) mass is 459 g/mol. The van der Waals surface area contributed by atoms with Crippen LogP contribution in [0.15, 0.2) is 30.3 Å². The average Bonchev–Trinajstić information content (AvgIpc) is 2.89. The molecule has 2 heterocycles. The van der Waals surface area contributed by atoms with E-state index in [0.717, 1.165) is 48.4 Å². The number of rotatable bonds is 6. The molecule has 2 aliphatic rings. The van der Waals surface area contributed by atoms with Crippen molar-refractivity contribution in [1.82, 2.24) is 21.3 Å². The molecule has 7 heteroatoms. The zero-order valence-electron chi connectivity index (χ0n) is 20.1. The molecule has 2 aliphatic heterocycles. The summed E-state index contributed by atoms with van der Waals surface area (Å²) in [6.07, 6.45) is 0. The lowest BCUT2D eigenvalue weighted by Gasteiger charge is -2.29. The van der Waals surface area contributed by atoms with E-state index in [9.17, 15) is 14.9 Å². The van der Waals surface area contributed by atoms with Gasteiger partial charge in [0, 0.05) is 56.3 Å². The predicted molar refractivity (Wildman–Crippen MR) is 133 cm³/mol. The van der Waals surface area contributed by atoms with E-state index < -0.39 is 0 Å². The molecular formula is C27H33N5O2. The Bertz CT molecular complexity index is 1120. The van der Waals surface area contributed by atoms with E-state index in [4.69, 9.17) is 0 Å². The fourth-order valence-corrected chi connectivity index (χ4v) is 5.05. The molecule has 2 aromatic rings. The van der Waals surface area contributed by atoms with Crippen LogP contribution in [0.25, 0.3) is 0 Å². The van der Waals surface area contributed by atoms with Crippen molar-refractivity contribution in [2.75, 3.05) is 39.3 Å². The third-order valence-corrected chi connectivity index (χ3v) is 7.17. The van der Waals surface area contributed by atoms with Gasteiger partial charge in [0.05, 0.1) is 23.7 Å². The van der Waals surface area contributed by atoms with E-state index in [0.29, 0.717) is 29.8 Å². The molecule has 2 aromatic carbocycles. The molecule has 34 heavy (non-hydrogen) atoms. The Morgan fingerprint density at radius 2 is 1.53 bits per heavy atom. The van der Waals surface area contributed by atoms with Gasteiger partial charge in [-0.1, -0.05) is 25.1 Å². The SMILES string of the molecule is Cc1c(C(=O)C2CNCCN2)cc(C(C)c2ccccc2C#N)c(C(=O)C2CNCCN2)c1C. The van der Waals surface area contributed by atoms with Crippen molar-refractivity contribution in [3.8, 4) is 6.07 Å². The van der Waals surface area contributed by atoms with Gasteiger partial charge in [-0.2, -0.15) is 5.26 Å². The van der Waals surface area contributed by atoms with E-state index in [1.807, 2.05) is 45.0 Å². The standard InChI is InChI=1S/C27H33N5O2/c1-16-17(2)25(27(34)24-15-30-9-11-32-24)21(18(3)20-7-5-4-6-19(20)13-28)12-22(16)26(33)23-14-29-8-10-31-23/h4-7,12,18,23-24,29-32H,8-11,14-15H2,1-3H3. The zero-order valence-corrected chi connectivity index (χ0v) is 20.1. The smallest absolute Gasteiger partial charge is 0.181 e. The van der Waals surface area contributed by atoms with Gasteiger partial charge in [-0.05, 0) is 48.2 Å². The van der Waals surface area contributed by atoms with Crippen LogP contribution in [0.4, 0.5) is 0 Å². The van der Waals surface area contributed by atoms with Crippen LogP contribution in [0.2, 0.25) is 0 Å². The van der Waals surface area contributed by atoms with Gasteiger partial charge in [0.2, 0.25) is 0 Å². The summed E-state index contributed by atoms with van der Waals surface area (Å²) in [5, 5.41) is 22.9. The Morgan fingerprint density at radius 3 is 2.12 bits per heavy atom. The number of piperazine rings is 2. The molecule has 2 saturated heterocycles. The molecule has 0 aromatic heterocycles. The molecule has 3 atom stereocenters. The summed E-state index contributed by atoms with van der Waals surface area (Å²) in [5.74, 6) is -0.165. The molecule has 0 saturated carbocycles. The third-order valence-electron chi connectivity index (χ3n) is 7.17. The number of ketones is 2. The first kappa shape index (κ1) is 24.2. The Morgan fingerprint density at radius 1 is 0.912 bits per heavy atom. The van der Waals surface area contributed by atoms with Crippen molar-refractivity contribution in [1.29, 1.82) is 5.26 Å². The van der Waals surface area contributed by atoms with E-state index >= 15 is 0 Å². The van der Waals surface area contributed by atoms with Gasteiger partial charge in [0.15, 0.2) is 11.6 Å². The minimum absolute atomic E-state index is 0.0283. The molecule has 0 bridgehead atoms. The lowest BCUT2D eigenvalue weighted by atomic mass is 9.79. The molecule has 0 spiro atoms. The first-order chi connectivity index (χ1) is 16.4. The molecule has 0 amide bonds. The summed E-state index contributed by atoms with van der Waals surface area (Å²) >= 11 is 0. The van der Waals surface area contributed by atoms with E-state index in [2.05, 4.69) is 27.3 Å². The van der Waals surface area contributed by atoms with Crippen molar-refractivity contribution in [3.63, 3.8) is 0 Å². The van der Waals surface area contributed by atoms with Gasteiger partial charge >= 0.3 is 0 Å². The number of nitrogens with one attached hydrogen (secondary N) is 4. The second kappa shape index (κ2) is 10.6. The third kappa shape index (κ3) is 4.68. The van der Waals surface area contributed by atoms with E-state index in [-0.39, 0.29) is 29.6 Å². The Labute approximate surface area is 201 Å². The minimum Gasteiger partial charge on any atom is -0.313 e. The van der Waals surface area contributed by atoms with Crippen LogP contribution in [0.5, 0.6) is 0 Å². The number of nitriles is 1. The lowest BCUT2D eigenvalue weighted by molar-refractivity contribution is 0.0921. The topological polar surface area (TPSA) is 106 Å². The van der Waals surface area contributed by atoms with Crippen LogP contribution in [0.3, 0.4) is 0 Å². The molecule has 2 fully saturated rings. The highest BCUT2D eigenvalue weighted by Crippen LogP contribution is 2.34. The number of benzene rings is 2. The maximum absolute atomic E-state index is 13.8. The Balaban J connectivity index is 1.86.